The predicted octanol–water partition coefficient (Wildman–Crippen LogP) is 2.87. The molecule has 1 aromatic rings. The Bertz CT molecular complexity index is 922. The van der Waals surface area contributed by atoms with Gasteiger partial charge in [0.25, 0.3) is 0 Å². The number of nitrogens with zero attached hydrogens (tertiary/aromatic N) is 2. The van der Waals surface area contributed by atoms with Crippen LogP contribution in [-0.2, 0) is 27.3 Å². The number of hydrogen-bond donors (Lipinski definition) is 2. The lowest BCUT2D eigenvalue weighted by atomic mass is 9.99. The van der Waals surface area contributed by atoms with Gasteiger partial charge in [0.15, 0.2) is 0 Å². The molecule has 34 heavy (non-hydrogen) atoms. The summed E-state index contributed by atoms with van der Waals surface area (Å²) in [6, 6.07) is 6.42. The van der Waals surface area contributed by atoms with Gasteiger partial charge < -0.3 is 25.6 Å². The highest BCUT2D eigenvalue weighted by Gasteiger charge is 2.83. The lowest BCUT2D eigenvalue weighted by molar-refractivity contribution is -0.121. The Labute approximate surface area is 203 Å². The van der Waals surface area contributed by atoms with Crippen molar-refractivity contribution < 1.29 is 14.4 Å². The van der Waals surface area contributed by atoms with Crippen LogP contribution in [0.5, 0.6) is 0 Å². The molecule has 3 N–H and O–H groups in total. The first-order chi connectivity index (χ1) is 16.3. The van der Waals surface area contributed by atoms with E-state index in [2.05, 4.69) is 59.6 Å². The number of aryl methyl sites for hydroxylation is 1. The standard InChI is InChI=1S/C26H37N3O2.CH3NO/c1-5-6-13-28(4)26-17-25(26,18-26)12-11-20-7-8-21-15-29(19(2)23(21)14-20)22(16-30)9-10-24(31)27-3;2-1-3/h7-8,14,16,22H,2,5-6,9-13,15,17-18H2,1,3-4H3,(H,27,31);1H,(H2,2,3). The maximum absolute atomic E-state index is 11.7. The number of nitrogens with one attached hydrogen (secondary N) is 1. The summed E-state index contributed by atoms with van der Waals surface area (Å²) in [5.41, 5.74) is 9.93. The number of carbonyl (C=O) groups is 3. The Morgan fingerprint density at radius 3 is 2.68 bits per heavy atom. The number of primary amides is 1. The smallest absolute Gasteiger partial charge is 0.219 e. The van der Waals surface area contributed by atoms with E-state index in [0.717, 1.165) is 18.4 Å². The molecular weight excluding hydrogens is 428 g/mol. The average molecular weight is 469 g/mol. The normalized spacial score (nSPS) is 24.5. The van der Waals surface area contributed by atoms with Crippen LogP contribution in [0.4, 0.5) is 0 Å². The minimum atomic E-state index is -0.309. The summed E-state index contributed by atoms with van der Waals surface area (Å²) < 4.78 is 0. The van der Waals surface area contributed by atoms with Crippen LogP contribution in [0, 0.1) is 5.41 Å². The van der Waals surface area contributed by atoms with Crippen molar-refractivity contribution in [3.8, 4) is 0 Å². The van der Waals surface area contributed by atoms with Crippen LogP contribution < -0.4 is 11.1 Å². The number of fused-ring (bicyclic) bond motifs is 2. The second-order valence-electron chi connectivity index (χ2n) is 10.1. The van der Waals surface area contributed by atoms with E-state index in [0.29, 0.717) is 30.3 Å². The Hall–Kier alpha value is -2.67. The molecule has 0 saturated heterocycles. The van der Waals surface area contributed by atoms with Gasteiger partial charge in [-0.15, -0.1) is 0 Å². The highest BCUT2D eigenvalue weighted by atomic mass is 16.1. The van der Waals surface area contributed by atoms with E-state index in [1.54, 1.807) is 7.05 Å². The summed E-state index contributed by atoms with van der Waals surface area (Å²) in [6.07, 6.45) is 9.74. The predicted molar refractivity (Wildman–Crippen MR) is 135 cm³/mol. The SMILES string of the molecule is C=C1c2cc(CCC34CC3(N(C)CCCC)C4)ccc2CN1C(C=O)CCC(=O)NC.NC=O. The average Bonchev–Trinajstić information content (AvgIpc) is 3.64. The van der Waals surface area contributed by atoms with Crippen molar-refractivity contribution in [2.45, 2.75) is 76.4 Å². The third kappa shape index (κ3) is 5.04. The number of benzene rings is 1. The van der Waals surface area contributed by atoms with E-state index in [1.807, 2.05) is 0 Å². The van der Waals surface area contributed by atoms with Crippen molar-refractivity contribution in [3.05, 3.63) is 41.5 Å². The largest absolute Gasteiger partial charge is 0.372 e. The molecule has 0 spiro atoms. The summed E-state index contributed by atoms with van der Waals surface area (Å²) >= 11 is 0. The van der Waals surface area contributed by atoms with E-state index < -0.39 is 0 Å². The van der Waals surface area contributed by atoms with Gasteiger partial charge in [-0.3, -0.25) is 9.59 Å². The van der Waals surface area contributed by atoms with Gasteiger partial charge in [0.1, 0.15) is 6.29 Å². The van der Waals surface area contributed by atoms with E-state index in [4.69, 9.17) is 4.79 Å². The molecule has 2 fully saturated rings. The van der Waals surface area contributed by atoms with E-state index in [-0.39, 0.29) is 18.4 Å². The fraction of sp³-hybridized carbons (Fsp3) is 0.593. The molecule has 7 nitrogen and oxygen atoms in total. The van der Waals surface area contributed by atoms with Gasteiger partial charge >= 0.3 is 0 Å². The molecule has 1 unspecified atom stereocenters. The van der Waals surface area contributed by atoms with Crippen molar-refractivity contribution >= 4 is 24.3 Å². The molecule has 0 radical (unpaired) electrons. The van der Waals surface area contributed by atoms with E-state index in [1.165, 1.54) is 55.3 Å². The fourth-order valence-corrected chi connectivity index (χ4v) is 5.69. The lowest BCUT2D eigenvalue weighted by Crippen LogP contribution is -2.32. The first-order valence-electron chi connectivity index (χ1n) is 12.4. The molecule has 2 saturated carbocycles. The maximum atomic E-state index is 11.7. The number of amides is 2. The van der Waals surface area contributed by atoms with Crippen molar-refractivity contribution in [2.24, 2.45) is 11.1 Å². The minimum absolute atomic E-state index is 0.0348. The summed E-state index contributed by atoms with van der Waals surface area (Å²) in [5.74, 6) is -0.0348. The molecule has 1 atom stereocenters. The Kier molecular flexibility index (Phi) is 8.18. The number of aldehydes is 1. The van der Waals surface area contributed by atoms with Crippen LogP contribution in [0.1, 0.15) is 68.6 Å². The van der Waals surface area contributed by atoms with Crippen LogP contribution in [0.15, 0.2) is 24.8 Å². The van der Waals surface area contributed by atoms with Gasteiger partial charge in [0.05, 0.1) is 6.04 Å². The highest BCUT2D eigenvalue weighted by Crippen LogP contribution is 2.83. The third-order valence-corrected chi connectivity index (χ3v) is 8.14. The fourth-order valence-electron chi connectivity index (χ4n) is 5.69. The number of nitrogens with two attached hydrogens (primary N) is 1. The number of hydrogen-bond acceptors (Lipinski definition) is 5. The van der Waals surface area contributed by atoms with Gasteiger partial charge in [-0.25, -0.2) is 0 Å². The van der Waals surface area contributed by atoms with Gasteiger partial charge in [0, 0.05) is 36.8 Å². The van der Waals surface area contributed by atoms with Gasteiger partial charge in [-0.2, -0.15) is 0 Å². The van der Waals surface area contributed by atoms with Crippen molar-refractivity contribution in [1.29, 1.82) is 0 Å². The second-order valence-corrected chi connectivity index (χ2v) is 10.1. The zero-order valence-electron chi connectivity index (χ0n) is 20.9. The first kappa shape index (κ1) is 25.9. The quantitative estimate of drug-likeness (QED) is 0.460. The molecule has 186 valence electrons. The summed E-state index contributed by atoms with van der Waals surface area (Å²) in [7, 11) is 3.94. The van der Waals surface area contributed by atoms with Crippen LogP contribution in [0.2, 0.25) is 0 Å². The van der Waals surface area contributed by atoms with Crippen molar-refractivity contribution in [2.75, 3.05) is 20.6 Å². The Balaban J connectivity index is 0.00000103. The minimum Gasteiger partial charge on any atom is -0.372 e. The van der Waals surface area contributed by atoms with Crippen LogP contribution in [0.3, 0.4) is 0 Å². The summed E-state index contributed by atoms with van der Waals surface area (Å²) in [5, 5.41) is 2.63. The number of rotatable bonds is 12. The monoisotopic (exact) mass is 468 g/mol. The van der Waals surface area contributed by atoms with Crippen molar-refractivity contribution in [3.63, 3.8) is 0 Å². The molecule has 4 rings (SSSR count). The summed E-state index contributed by atoms with van der Waals surface area (Å²) in [4.78, 5) is 36.6. The Morgan fingerprint density at radius 2 is 2.06 bits per heavy atom. The van der Waals surface area contributed by atoms with Gasteiger partial charge in [-0.05, 0) is 74.7 Å². The molecule has 1 aliphatic heterocycles. The van der Waals surface area contributed by atoms with Gasteiger partial charge in [0.2, 0.25) is 12.3 Å². The molecule has 1 aromatic carbocycles. The molecule has 2 amide bonds. The molecular formula is C27H40N4O3. The second kappa shape index (κ2) is 10.7. The molecule has 2 aliphatic carbocycles. The van der Waals surface area contributed by atoms with Crippen molar-refractivity contribution in [1.82, 2.24) is 15.1 Å². The lowest BCUT2D eigenvalue weighted by Gasteiger charge is -2.26. The maximum Gasteiger partial charge on any atom is 0.219 e. The molecule has 0 bridgehead atoms. The zero-order valence-corrected chi connectivity index (χ0v) is 20.9. The summed E-state index contributed by atoms with van der Waals surface area (Å²) in [6.45, 7) is 8.47. The van der Waals surface area contributed by atoms with Gasteiger partial charge in [-0.1, -0.05) is 32.1 Å². The zero-order chi connectivity index (χ0) is 24.9. The number of unbranched alkanes of at least 4 members (excludes halogenated alkanes) is 1. The molecule has 0 aromatic heterocycles. The first-order valence-corrected chi connectivity index (χ1v) is 12.4. The van der Waals surface area contributed by atoms with E-state index >= 15 is 0 Å². The van der Waals surface area contributed by atoms with Crippen LogP contribution in [0.25, 0.3) is 5.70 Å². The molecule has 7 heteroatoms. The van der Waals surface area contributed by atoms with Crippen LogP contribution >= 0.6 is 0 Å². The van der Waals surface area contributed by atoms with E-state index in [9.17, 15) is 9.59 Å². The molecule has 3 aliphatic rings. The topological polar surface area (TPSA) is 95.7 Å². The highest BCUT2D eigenvalue weighted by molar-refractivity contribution is 5.77. The van der Waals surface area contributed by atoms with Crippen LogP contribution in [-0.4, -0.2) is 60.6 Å². The molecule has 1 heterocycles. The Morgan fingerprint density at radius 1 is 1.35 bits per heavy atom. The number of carbonyl (C=O) groups excluding carboxylic acids is 3. The third-order valence-electron chi connectivity index (χ3n) is 8.14.